The lowest BCUT2D eigenvalue weighted by Crippen LogP contribution is -2.48. The van der Waals surface area contributed by atoms with Crippen LogP contribution in [0.1, 0.15) is 16.1 Å². The summed E-state index contributed by atoms with van der Waals surface area (Å²) in [7, 11) is 3.57. The first kappa shape index (κ1) is 19.1. The molecule has 1 aliphatic heterocycles. The predicted molar refractivity (Wildman–Crippen MR) is 111 cm³/mol. The molecular formula is C22H25N5O2. The molecule has 1 aromatic carbocycles. The van der Waals surface area contributed by atoms with Gasteiger partial charge in [0.25, 0.3) is 5.91 Å². The van der Waals surface area contributed by atoms with Crippen LogP contribution >= 0.6 is 0 Å². The van der Waals surface area contributed by atoms with E-state index in [0.717, 1.165) is 36.6 Å². The van der Waals surface area contributed by atoms with Crippen LogP contribution in [0.2, 0.25) is 0 Å². The highest BCUT2D eigenvalue weighted by Gasteiger charge is 2.24. The van der Waals surface area contributed by atoms with Crippen LogP contribution in [0.25, 0.3) is 11.3 Å². The molecule has 1 aliphatic rings. The summed E-state index contributed by atoms with van der Waals surface area (Å²) in [6.45, 7) is 3.87. The number of carbonyl (C=O) groups excluding carboxylic acids is 1. The van der Waals surface area contributed by atoms with Gasteiger partial charge in [-0.3, -0.25) is 19.4 Å². The predicted octanol–water partition coefficient (Wildman–Crippen LogP) is 2.45. The van der Waals surface area contributed by atoms with Crippen molar-refractivity contribution in [2.24, 2.45) is 7.05 Å². The number of pyridine rings is 1. The first-order chi connectivity index (χ1) is 14.2. The van der Waals surface area contributed by atoms with Crippen molar-refractivity contribution >= 4 is 5.91 Å². The number of benzene rings is 1. The Morgan fingerprint density at radius 1 is 1.07 bits per heavy atom. The van der Waals surface area contributed by atoms with Crippen LogP contribution in [0.4, 0.5) is 0 Å². The standard InChI is InChI=1S/C22H25N5O2/c1-25-18(15-20(24-25)17-7-9-23-10-8-17)16-26-11-13-27(14-12-26)22(28)19-5-3-4-6-21(19)29-2/h3-10,15H,11-14,16H2,1-2H3. The van der Waals surface area contributed by atoms with Crippen molar-refractivity contribution in [1.82, 2.24) is 24.6 Å². The molecule has 0 aliphatic carbocycles. The highest BCUT2D eigenvalue weighted by Crippen LogP contribution is 2.21. The van der Waals surface area contributed by atoms with Crippen LogP contribution in [0.15, 0.2) is 54.9 Å². The average molecular weight is 391 g/mol. The minimum Gasteiger partial charge on any atom is -0.496 e. The molecule has 150 valence electrons. The van der Waals surface area contributed by atoms with Gasteiger partial charge in [-0.05, 0) is 30.3 Å². The number of amides is 1. The van der Waals surface area contributed by atoms with Gasteiger partial charge in [-0.2, -0.15) is 5.10 Å². The summed E-state index contributed by atoms with van der Waals surface area (Å²) in [4.78, 5) is 21.2. The van der Waals surface area contributed by atoms with E-state index in [1.165, 1.54) is 0 Å². The number of methoxy groups -OCH3 is 1. The molecule has 0 N–H and O–H groups in total. The lowest BCUT2D eigenvalue weighted by molar-refractivity contribution is 0.0622. The van der Waals surface area contributed by atoms with Crippen LogP contribution in [-0.2, 0) is 13.6 Å². The molecule has 0 saturated carbocycles. The number of aryl methyl sites for hydroxylation is 1. The Morgan fingerprint density at radius 2 is 1.79 bits per heavy atom. The van der Waals surface area contributed by atoms with Crippen LogP contribution in [-0.4, -0.2) is 63.8 Å². The number of nitrogens with zero attached hydrogens (tertiary/aromatic N) is 5. The number of para-hydroxylation sites is 1. The van der Waals surface area contributed by atoms with E-state index in [-0.39, 0.29) is 5.91 Å². The molecule has 7 nitrogen and oxygen atoms in total. The Balaban J connectivity index is 1.38. The van der Waals surface area contributed by atoms with E-state index in [1.54, 1.807) is 19.5 Å². The van der Waals surface area contributed by atoms with Crippen molar-refractivity contribution in [3.63, 3.8) is 0 Å². The molecule has 1 saturated heterocycles. The molecule has 4 rings (SSSR count). The number of carbonyl (C=O) groups is 1. The van der Waals surface area contributed by atoms with Crippen molar-refractivity contribution in [2.45, 2.75) is 6.54 Å². The summed E-state index contributed by atoms with van der Waals surface area (Å²) in [5.41, 5.74) is 3.79. The Morgan fingerprint density at radius 3 is 2.52 bits per heavy atom. The van der Waals surface area contributed by atoms with Gasteiger partial charge in [0.1, 0.15) is 5.75 Å². The largest absolute Gasteiger partial charge is 0.496 e. The Labute approximate surface area is 170 Å². The number of hydrogen-bond acceptors (Lipinski definition) is 5. The maximum atomic E-state index is 12.9. The van der Waals surface area contributed by atoms with E-state index >= 15 is 0 Å². The zero-order valence-electron chi connectivity index (χ0n) is 16.8. The summed E-state index contributed by atoms with van der Waals surface area (Å²) >= 11 is 0. The van der Waals surface area contributed by atoms with Crippen molar-refractivity contribution in [2.75, 3.05) is 33.3 Å². The minimum absolute atomic E-state index is 0.0302. The van der Waals surface area contributed by atoms with Gasteiger partial charge in [0.2, 0.25) is 0 Å². The highest BCUT2D eigenvalue weighted by molar-refractivity contribution is 5.97. The maximum Gasteiger partial charge on any atom is 0.257 e. The number of rotatable bonds is 5. The number of piperazine rings is 1. The fourth-order valence-corrected chi connectivity index (χ4v) is 3.65. The van der Waals surface area contributed by atoms with Gasteiger partial charge >= 0.3 is 0 Å². The molecule has 7 heteroatoms. The summed E-state index contributed by atoms with van der Waals surface area (Å²) in [5.74, 6) is 0.654. The second kappa shape index (κ2) is 8.45. The minimum atomic E-state index is 0.0302. The normalized spacial score (nSPS) is 14.8. The molecule has 0 bridgehead atoms. The smallest absolute Gasteiger partial charge is 0.257 e. The molecule has 3 heterocycles. The van der Waals surface area contributed by atoms with E-state index in [1.807, 2.05) is 53.0 Å². The van der Waals surface area contributed by atoms with Gasteiger partial charge in [0.15, 0.2) is 0 Å². The first-order valence-corrected chi connectivity index (χ1v) is 9.73. The Hall–Kier alpha value is -3.19. The van der Waals surface area contributed by atoms with Gasteiger partial charge in [0, 0.05) is 57.7 Å². The van der Waals surface area contributed by atoms with Gasteiger partial charge in [-0.15, -0.1) is 0 Å². The molecule has 1 fully saturated rings. The van der Waals surface area contributed by atoms with Crippen molar-refractivity contribution < 1.29 is 9.53 Å². The maximum absolute atomic E-state index is 12.9. The third kappa shape index (κ3) is 4.14. The van der Waals surface area contributed by atoms with Gasteiger partial charge < -0.3 is 9.64 Å². The van der Waals surface area contributed by atoms with Gasteiger partial charge in [-0.1, -0.05) is 12.1 Å². The van der Waals surface area contributed by atoms with E-state index in [9.17, 15) is 4.79 Å². The number of ether oxygens (including phenoxy) is 1. The summed E-state index contributed by atoms with van der Waals surface area (Å²) in [5, 5.41) is 4.63. The molecule has 1 amide bonds. The molecule has 29 heavy (non-hydrogen) atoms. The molecular weight excluding hydrogens is 366 g/mol. The van der Waals surface area contributed by atoms with Crippen LogP contribution < -0.4 is 4.74 Å². The molecule has 2 aromatic heterocycles. The van der Waals surface area contributed by atoms with Crippen LogP contribution in [0.5, 0.6) is 5.75 Å². The number of aromatic nitrogens is 3. The second-order valence-electron chi connectivity index (χ2n) is 7.15. The van der Waals surface area contributed by atoms with Crippen LogP contribution in [0, 0.1) is 0 Å². The quantitative estimate of drug-likeness (QED) is 0.669. The molecule has 0 radical (unpaired) electrons. The Bertz CT molecular complexity index is 978. The Kier molecular flexibility index (Phi) is 5.57. The monoisotopic (exact) mass is 391 g/mol. The third-order valence-electron chi connectivity index (χ3n) is 5.34. The summed E-state index contributed by atoms with van der Waals surface area (Å²) in [6, 6.07) is 13.5. The molecule has 3 aromatic rings. The van der Waals surface area contributed by atoms with E-state index < -0.39 is 0 Å². The molecule has 0 spiro atoms. The van der Waals surface area contributed by atoms with Crippen molar-refractivity contribution in [1.29, 1.82) is 0 Å². The number of hydrogen-bond donors (Lipinski definition) is 0. The van der Waals surface area contributed by atoms with E-state index in [2.05, 4.69) is 21.0 Å². The van der Waals surface area contributed by atoms with Crippen LogP contribution in [0.3, 0.4) is 0 Å². The summed E-state index contributed by atoms with van der Waals surface area (Å²) in [6.07, 6.45) is 3.56. The lowest BCUT2D eigenvalue weighted by Gasteiger charge is -2.34. The topological polar surface area (TPSA) is 63.5 Å². The zero-order valence-corrected chi connectivity index (χ0v) is 16.8. The van der Waals surface area contributed by atoms with E-state index in [0.29, 0.717) is 24.4 Å². The fraction of sp³-hybridized carbons (Fsp3) is 0.318. The first-order valence-electron chi connectivity index (χ1n) is 9.73. The van der Waals surface area contributed by atoms with Gasteiger partial charge in [-0.25, -0.2) is 0 Å². The van der Waals surface area contributed by atoms with Gasteiger partial charge in [0.05, 0.1) is 24.1 Å². The van der Waals surface area contributed by atoms with E-state index in [4.69, 9.17) is 4.74 Å². The van der Waals surface area contributed by atoms with Crippen molar-refractivity contribution in [3.05, 3.63) is 66.1 Å². The average Bonchev–Trinajstić information content (AvgIpc) is 3.14. The second-order valence-corrected chi connectivity index (χ2v) is 7.15. The highest BCUT2D eigenvalue weighted by atomic mass is 16.5. The SMILES string of the molecule is COc1ccccc1C(=O)N1CCN(Cc2cc(-c3ccncc3)nn2C)CC1. The zero-order chi connectivity index (χ0) is 20.2. The molecule has 0 unspecified atom stereocenters. The summed E-state index contributed by atoms with van der Waals surface area (Å²) < 4.78 is 7.27. The third-order valence-corrected chi connectivity index (χ3v) is 5.34. The molecule has 0 atom stereocenters. The fourth-order valence-electron chi connectivity index (χ4n) is 3.65. The van der Waals surface area contributed by atoms with Crippen molar-refractivity contribution in [3.8, 4) is 17.0 Å². The lowest BCUT2D eigenvalue weighted by atomic mass is 10.1.